The first-order valence-corrected chi connectivity index (χ1v) is 6.79. The number of piperidine rings is 1. The number of aryl methyl sites for hydroxylation is 1. The average molecular weight is 248 g/mol. The third kappa shape index (κ3) is 3.10. The molecule has 3 N–H and O–H groups in total. The molecule has 0 aromatic heterocycles. The fourth-order valence-corrected chi connectivity index (χ4v) is 2.67. The van der Waals surface area contributed by atoms with Crippen molar-refractivity contribution in [2.24, 2.45) is 11.7 Å². The lowest BCUT2D eigenvalue weighted by Crippen LogP contribution is -2.41. The van der Waals surface area contributed by atoms with Crippen LogP contribution in [-0.4, -0.2) is 29.2 Å². The number of hydrogen-bond donors (Lipinski definition) is 2. The summed E-state index contributed by atoms with van der Waals surface area (Å²) in [6.07, 6.45) is 0.767. The molecule has 3 heteroatoms. The summed E-state index contributed by atoms with van der Waals surface area (Å²) in [6, 6.07) is 6.48. The van der Waals surface area contributed by atoms with Crippen molar-refractivity contribution in [3.63, 3.8) is 0 Å². The van der Waals surface area contributed by atoms with Crippen molar-refractivity contribution in [3.8, 4) is 0 Å². The Kier molecular flexibility index (Phi) is 4.38. The fraction of sp³-hybridized carbons (Fsp3) is 0.600. The number of nitrogens with zero attached hydrogens (tertiary/aromatic N) is 1. The van der Waals surface area contributed by atoms with Crippen molar-refractivity contribution in [1.82, 2.24) is 4.90 Å². The number of rotatable bonds is 3. The van der Waals surface area contributed by atoms with Crippen molar-refractivity contribution in [1.29, 1.82) is 0 Å². The molecule has 0 bridgehead atoms. The highest BCUT2D eigenvalue weighted by molar-refractivity contribution is 5.31. The molecular weight excluding hydrogens is 224 g/mol. The Morgan fingerprint density at radius 2 is 2.22 bits per heavy atom. The van der Waals surface area contributed by atoms with E-state index in [1.165, 1.54) is 16.7 Å². The third-order valence-electron chi connectivity index (χ3n) is 3.98. The van der Waals surface area contributed by atoms with Gasteiger partial charge in [0, 0.05) is 26.2 Å². The molecule has 2 rings (SSSR count). The molecule has 2 atom stereocenters. The summed E-state index contributed by atoms with van der Waals surface area (Å²) < 4.78 is 0. The molecule has 0 saturated carbocycles. The van der Waals surface area contributed by atoms with Crippen LogP contribution in [0.1, 0.15) is 30.0 Å². The Labute approximate surface area is 110 Å². The van der Waals surface area contributed by atoms with E-state index in [4.69, 9.17) is 5.73 Å². The van der Waals surface area contributed by atoms with Gasteiger partial charge in [0.05, 0.1) is 6.10 Å². The molecule has 100 valence electrons. The van der Waals surface area contributed by atoms with Gasteiger partial charge in [-0.3, -0.25) is 4.90 Å². The molecule has 0 amide bonds. The van der Waals surface area contributed by atoms with Gasteiger partial charge in [-0.2, -0.15) is 0 Å². The number of benzene rings is 1. The van der Waals surface area contributed by atoms with E-state index in [0.717, 1.165) is 26.1 Å². The Morgan fingerprint density at radius 1 is 1.44 bits per heavy atom. The van der Waals surface area contributed by atoms with E-state index < -0.39 is 0 Å². The molecule has 0 radical (unpaired) electrons. The molecule has 1 saturated heterocycles. The van der Waals surface area contributed by atoms with Crippen LogP contribution in [0.25, 0.3) is 0 Å². The van der Waals surface area contributed by atoms with Crippen LogP contribution in [0.2, 0.25) is 0 Å². The zero-order valence-corrected chi connectivity index (χ0v) is 11.4. The molecule has 1 fully saturated rings. The van der Waals surface area contributed by atoms with Gasteiger partial charge < -0.3 is 10.8 Å². The predicted molar refractivity (Wildman–Crippen MR) is 74.1 cm³/mol. The van der Waals surface area contributed by atoms with Gasteiger partial charge in [-0.05, 0) is 36.0 Å². The molecule has 1 aromatic carbocycles. The van der Waals surface area contributed by atoms with Crippen LogP contribution >= 0.6 is 0 Å². The van der Waals surface area contributed by atoms with Gasteiger partial charge in [0.25, 0.3) is 0 Å². The second kappa shape index (κ2) is 5.83. The Hall–Kier alpha value is -0.900. The average Bonchev–Trinajstić information content (AvgIpc) is 2.36. The van der Waals surface area contributed by atoms with Crippen LogP contribution in [0, 0.1) is 12.8 Å². The summed E-state index contributed by atoms with van der Waals surface area (Å²) in [5, 5.41) is 9.74. The molecule has 2 unspecified atom stereocenters. The second-order valence-corrected chi connectivity index (χ2v) is 5.53. The lowest BCUT2D eigenvalue weighted by Gasteiger charge is -2.34. The third-order valence-corrected chi connectivity index (χ3v) is 3.98. The summed E-state index contributed by atoms with van der Waals surface area (Å²) in [5.74, 6) is 0.377. The highest BCUT2D eigenvalue weighted by Gasteiger charge is 2.24. The first-order valence-electron chi connectivity index (χ1n) is 6.79. The summed E-state index contributed by atoms with van der Waals surface area (Å²) in [6.45, 7) is 7.84. The second-order valence-electron chi connectivity index (χ2n) is 5.53. The highest BCUT2D eigenvalue weighted by Crippen LogP contribution is 2.20. The van der Waals surface area contributed by atoms with Gasteiger partial charge in [0.15, 0.2) is 0 Å². The quantitative estimate of drug-likeness (QED) is 0.855. The predicted octanol–water partition coefficient (Wildman–Crippen LogP) is 1.66. The van der Waals surface area contributed by atoms with E-state index >= 15 is 0 Å². The molecule has 0 aliphatic carbocycles. The minimum absolute atomic E-state index is 0.123. The van der Waals surface area contributed by atoms with Crippen LogP contribution in [0.4, 0.5) is 0 Å². The van der Waals surface area contributed by atoms with E-state index in [0.29, 0.717) is 12.5 Å². The van der Waals surface area contributed by atoms with Crippen molar-refractivity contribution < 1.29 is 5.11 Å². The molecule has 1 aliphatic rings. The number of nitrogens with two attached hydrogens (primary N) is 1. The molecule has 1 heterocycles. The maximum atomic E-state index is 9.74. The molecular formula is C15H24N2O. The maximum Gasteiger partial charge on any atom is 0.0590 e. The minimum Gasteiger partial charge on any atom is -0.393 e. The van der Waals surface area contributed by atoms with Crippen molar-refractivity contribution in [2.45, 2.75) is 39.5 Å². The Balaban J connectivity index is 2.01. The molecule has 18 heavy (non-hydrogen) atoms. The fourth-order valence-electron chi connectivity index (χ4n) is 2.67. The Morgan fingerprint density at radius 3 is 2.83 bits per heavy atom. The van der Waals surface area contributed by atoms with E-state index in [-0.39, 0.29) is 6.10 Å². The Bertz CT molecular complexity index is 405. The van der Waals surface area contributed by atoms with Gasteiger partial charge in [0.1, 0.15) is 0 Å². The van der Waals surface area contributed by atoms with Gasteiger partial charge in [-0.15, -0.1) is 0 Å². The molecule has 0 spiro atoms. The maximum absolute atomic E-state index is 9.74. The van der Waals surface area contributed by atoms with Crippen LogP contribution in [-0.2, 0) is 13.1 Å². The van der Waals surface area contributed by atoms with Gasteiger partial charge >= 0.3 is 0 Å². The minimum atomic E-state index is -0.123. The SMILES string of the molecule is Cc1cc(CN)ccc1CN1CCC(O)C(C)C1. The smallest absolute Gasteiger partial charge is 0.0590 e. The molecule has 3 nitrogen and oxygen atoms in total. The topological polar surface area (TPSA) is 49.5 Å². The number of likely N-dealkylation sites (tertiary alicyclic amines) is 1. The summed E-state index contributed by atoms with van der Waals surface area (Å²) in [5.41, 5.74) is 9.53. The summed E-state index contributed by atoms with van der Waals surface area (Å²) >= 11 is 0. The first kappa shape index (κ1) is 13.5. The lowest BCUT2D eigenvalue weighted by molar-refractivity contribution is 0.0319. The lowest BCUT2D eigenvalue weighted by atomic mass is 9.96. The molecule has 1 aromatic rings. The first-order chi connectivity index (χ1) is 8.60. The van der Waals surface area contributed by atoms with Crippen LogP contribution in [0.3, 0.4) is 0 Å². The van der Waals surface area contributed by atoms with E-state index in [9.17, 15) is 5.11 Å². The normalized spacial score (nSPS) is 25.3. The zero-order chi connectivity index (χ0) is 13.1. The standard InChI is InChI=1S/C15H24N2O/c1-11-7-13(8-16)3-4-14(11)10-17-6-5-15(18)12(2)9-17/h3-4,7,12,15,18H,5-6,8-10,16H2,1-2H3. The van der Waals surface area contributed by atoms with Gasteiger partial charge in [-0.1, -0.05) is 25.1 Å². The largest absolute Gasteiger partial charge is 0.393 e. The van der Waals surface area contributed by atoms with Gasteiger partial charge in [0.2, 0.25) is 0 Å². The van der Waals surface area contributed by atoms with Gasteiger partial charge in [-0.25, -0.2) is 0 Å². The van der Waals surface area contributed by atoms with Crippen LogP contribution in [0.5, 0.6) is 0 Å². The summed E-state index contributed by atoms with van der Waals surface area (Å²) in [4.78, 5) is 2.43. The van der Waals surface area contributed by atoms with Crippen molar-refractivity contribution in [2.75, 3.05) is 13.1 Å². The van der Waals surface area contributed by atoms with Crippen LogP contribution in [0.15, 0.2) is 18.2 Å². The van der Waals surface area contributed by atoms with E-state index in [1.807, 2.05) is 0 Å². The monoisotopic (exact) mass is 248 g/mol. The summed E-state index contributed by atoms with van der Waals surface area (Å²) in [7, 11) is 0. The number of hydrogen-bond acceptors (Lipinski definition) is 3. The van der Waals surface area contributed by atoms with Crippen molar-refractivity contribution in [3.05, 3.63) is 34.9 Å². The molecule has 1 aliphatic heterocycles. The van der Waals surface area contributed by atoms with E-state index in [1.54, 1.807) is 0 Å². The zero-order valence-electron chi connectivity index (χ0n) is 11.4. The van der Waals surface area contributed by atoms with Crippen molar-refractivity contribution >= 4 is 0 Å². The number of aliphatic hydroxyl groups is 1. The van der Waals surface area contributed by atoms with Crippen LogP contribution < -0.4 is 5.73 Å². The number of aliphatic hydroxyl groups excluding tert-OH is 1. The van der Waals surface area contributed by atoms with E-state index in [2.05, 4.69) is 36.9 Å². The highest BCUT2D eigenvalue weighted by atomic mass is 16.3.